The number of carbonyl (C=O) groups is 3. The number of halogens is 1. The number of pyridine rings is 1. The van der Waals surface area contributed by atoms with E-state index in [9.17, 15) is 14.4 Å². The van der Waals surface area contributed by atoms with Crippen molar-refractivity contribution < 1.29 is 23.9 Å². The molecule has 1 N–H and O–H groups in total. The van der Waals surface area contributed by atoms with E-state index >= 15 is 0 Å². The summed E-state index contributed by atoms with van der Waals surface area (Å²) >= 11 is 5.86. The average molecular weight is 398 g/mol. The first kappa shape index (κ1) is 21.0. The van der Waals surface area contributed by atoms with Crippen LogP contribution in [0.25, 0.3) is 0 Å². The molecule has 1 saturated heterocycles. The third-order valence-electron chi connectivity index (χ3n) is 3.86. The summed E-state index contributed by atoms with van der Waals surface area (Å²) in [7, 11) is 0. The van der Waals surface area contributed by atoms with Gasteiger partial charge in [0.05, 0.1) is 11.6 Å². The largest absolute Gasteiger partial charge is 0.455 e. The molecule has 27 heavy (non-hydrogen) atoms. The number of ether oxygens (including phenoxy) is 2. The Kier molecular flexibility index (Phi) is 7.01. The fourth-order valence-corrected chi connectivity index (χ4v) is 2.71. The molecule has 2 heterocycles. The lowest BCUT2D eigenvalue weighted by atomic mass is 9.97. The summed E-state index contributed by atoms with van der Waals surface area (Å²) in [4.78, 5) is 41.5. The number of esters is 1. The maximum atomic E-state index is 12.2. The number of aromatic nitrogens is 1. The SMILES string of the molecule is CC(C)(C)OC(=O)N1CCC(C(=O)OCC(=O)Nc2cccnc2Cl)CC1. The summed E-state index contributed by atoms with van der Waals surface area (Å²) in [5.74, 6) is -1.30. The van der Waals surface area contributed by atoms with Gasteiger partial charge in [-0.25, -0.2) is 9.78 Å². The number of hydrogen-bond donors (Lipinski definition) is 1. The van der Waals surface area contributed by atoms with Crippen LogP contribution in [0.5, 0.6) is 0 Å². The highest BCUT2D eigenvalue weighted by molar-refractivity contribution is 6.32. The first-order valence-corrected chi connectivity index (χ1v) is 9.08. The minimum atomic E-state index is -0.558. The fourth-order valence-electron chi connectivity index (χ4n) is 2.54. The lowest BCUT2D eigenvalue weighted by Gasteiger charge is -2.32. The molecule has 148 valence electrons. The van der Waals surface area contributed by atoms with Crippen LogP contribution in [0.15, 0.2) is 18.3 Å². The van der Waals surface area contributed by atoms with Gasteiger partial charge in [0.1, 0.15) is 5.60 Å². The number of hydrogen-bond acceptors (Lipinski definition) is 6. The van der Waals surface area contributed by atoms with Crippen molar-refractivity contribution >= 4 is 35.3 Å². The van der Waals surface area contributed by atoms with Crippen molar-refractivity contribution in [1.82, 2.24) is 9.88 Å². The molecule has 2 amide bonds. The van der Waals surface area contributed by atoms with E-state index in [4.69, 9.17) is 21.1 Å². The summed E-state index contributed by atoms with van der Waals surface area (Å²) in [6.07, 6.45) is 2.05. The molecule has 0 bridgehead atoms. The molecule has 0 spiro atoms. The molecular weight excluding hydrogens is 374 g/mol. The summed E-state index contributed by atoms with van der Waals surface area (Å²) in [6, 6.07) is 3.23. The molecule has 0 aliphatic carbocycles. The highest BCUT2D eigenvalue weighted by Gasteiger charge is 2.30. The molecule has 0 saturated carbocycles. The Balaban J connectivity index is 1.74. The fraction of sp³-hybridized carbons (Fsp3) is 0.556. The van der Waals surface area contributed by atoms with Gasteiger partial charge < -0.3 is 19.7 Å². The molecule has 9 heteroatoms. The van der Waals surface area contributed by atoms with Crippen LogP contribution in [0, 0.1) is 5.92 Å². The zero-order valence-corrected chi connectivity index (χ0v) is 16.4. The van der Waals surface area contributed by atoms with Crippen molar-refractivity contribution in [2.24, 2.45) is 5.92 Å². The van der Waals surface area contributed by atoms with Crippen LogP contribution in [-0.2, 0) is 19.1 Å². The lowest BCUT2D eigenvalue weighted by molar-refractivity contribution is -0.153. The van der Waals surface area contributed by atoms with E-state index in [2.05, 4.69) is 10.3 Å². The number of rotatable bonds is 4. The smallest absolute Gasteiger partial charge is 0.410 e. The van der Waals surface area contributed by atoms with Crippen LogP contribution < -0.4 is 5.32 Å². The van der Waals surface area contributed by atoms with E-state index in [1.54, 1.807) is 37.8 Å². The summed E-state index contributed by atoms with van der Waals surface area (Å²) < 4.78 is 10.4. The van der Waals surface area contributed by atoms with Gasteiger partial charge in [-0.3, -0.25) is 9.59 Å². The highest BCUT2D eigenvalue weighted by atomic mass is 35.5. The number of anilines is 1. The van der Waals surface area contributed by atoms with Crippen LogP contribution in [0.1, 0.15) is 33.6 Å². The van der Waals surface area contributed by atoms with Crippen LogP contribution >= 0.6 is 11.6 Å². The predicted octanol–water partition coefficient (Wildman–Crippen LogP) is 2.86. The molecule has 0 aromatic carbocycles. The Morgan fingerprint density at radius 2 is 1.96 bits per heavy atom. The van der Waals surface area contributed by atoms with Crippen molar-refractivity contribution in [2.45, 2.75) is 39.2 Å². The van der Waals surface area contributed by atoms with Gasteiger partial charge in [-0.2, -0.15) is 0 Å². The summed E-state index contributed by atoms with van der Waals surface area (Å²) in [6.45, 7) is 5.82. The maximum absolute atomic E-state index is 12.2. The van der Waals surface area contributed by atoms with E-state index in [0.29, 0.717) is 31.6 Å². The second-order valence-corrected chi connectivity index (χ2v) is 7.60. The van der Waals surface area contributed by atoms with Crippen LogP contribution in [-0.4, -0.2) is 53.2 Å². The number of amides is 2. The second-order valence-electron chi connectivity index (χ2n) is 7.24. The van der Waals surface area contributed by atoms with Gasteiger partial charge in [0.25, 0.3) is 5.91 Å². The van der Waals surface area contributed by atoms with Gasteiger partial charge in [0, 0.05) is 19.3 Å². The Hall–Kier alpha value is -2.35. The van der Waals surface area contributed by atoms with Gasteiger partial charge in [0.15, 0.2) is 11.8 Å². The molecule has 1 aliphatic rings. The standard InChI is InChI=1S/C18H24ClN3O5/c1-18(2,3)27-17(25)22-9-6-12(7-10-22)16(24)26-11-14(23)21-13-5-4-8-20-15(13)19/h4-5,8,12H,6-7,9-11H2,1-3H3,(H,21,23). The van der Waals surface area contributed by atoms with Crippen molar-refractivity contribution in [3.8, 4) is 0 Å². The summed E-state index contributed by atoms with van der Waals surface area (Å²) in [5.41, 5.74) is -0.205. The van der Waals surface area contributed by atoms with Gasteiger partial charge in [-0.1, -0.05) is 11.6 Å². The third-order valence-corrected chi connectivity index (χ3v) is 4.16. The van der Waals surface area contributed by atoms with E-state index in [1.165, 1.54) is 6.20 Å². The van der Waals surface area contributed by atoms with E-state index < -0.39 is 24.1 Å². The summed E-state index contributed by atoms with van der Waals surface area (Å²) in [5, 5.41) is 2.69. The Morgan fingerprint density at radius 3 is 2.56 bits per heavy atom. The molecule has 0 atom stereocenters. The highest BCUT2D eigenvalue weighted by Crippen LogP contribution is 2.21. The molecule has 2 rings (SSSR count). The van der Waals surface area contributed by atoms with Gasteiger partial charge in [-0.05, 0) is 45.7 Å². The monoisotopic (exact) mass is 397 g/mol. The minimum Gasteiger partial charge on any atom is -0.455 e. The van der Waals surface area contributed by atoms with E-state index in [-0.39, 0.29) is 17.2 Å². The molecule has 1 fully saturated rings. The maximum Gasteiger partial charge on any atom is 0.410 e. The van der Waals surface area contributed by atoms with Crippen LogP contribution in [0.3, 0.4) is 0 Å². The number of likely N-dealkylation sites (tertiary alicyclic amines) is 1. The molecule has 1 aromatic rings. The lowest BCUT2D eigenvalue weighted by Crippen LogP contribution is -2.43. The predicted molar refractivity (Wildman–Crippen MR) is 99.4 cm³/mol. The topological polar surface area (TPSA) is 97.8 Å². The first-order chi connectivity index (χ1) is 12.7. The number of carbonyl (C=O) groups excluding carboxylic acids is 3. The van der Waals surface area contributed by atoms with Gasteiger partial charge >= 0.3 is 12.1 Å². The van der Waals surface area contributed by atoms with Crippen molar-refractivity contribution in [1.29, 1.82) is 0 Å². The van der Waals surface area contributed by atoms with Gasteiger partial charge in [0.2, 0.25) is 0 Å². The Bertz CT molecular complexity index is 696. The molecule has 1 aliphatic heterocycles. The number of nitrogens with one attached hydrogen (secondary N) is 1. The average Bonchev–Trinajstić information content (AvgIpc) is 2.60. The van der Waals surface area contributed by atoms with Crippen molar-refractivity contribution in [2.75, 3.05) is 25.0 Å². The molecule has 1 aromatic heterocycles. The Labute approximate surface area is 163 Å². The zero-order valence-electron chi connectivity index (χ0n) is 15.7. The van der Waals surface area contributed by atoms with Crippen molar-refractivity contribution in [3.05, 3.63) is 23.5 Å². The van der Waals surface area contributed by atoms with Crippen molar-refractivity contribution in [3.63, 3.8) is 0 Å². The Morgan fingerprint density at radius 1 is 1.30 bits per heavy atom. The van der Waals surface area contributed by atoms with Gasteiger partial charge in [-0.15, -0.1) is 0 Å². The second kappa shape index (κ2) is 9.03. The molecular formula is C18H24ClN3O5. The minimum absolute atomic E-state index is 0.159. The normalized spacial score (nSPS) is 15.2. The zero-order chi connectivity index (χ0) is 20.0. The van der Waals surface area contributed by atoms with E-state index in [0.717, 1.165) is 0 Å². The number of piperidine rings is 1. The molecule has 0 radical (unpaired) electrons. The third kappa shape index (κ3) is 6.71. The quantitative estimate of drug-likeness (QED) is 0.619. The number of nitrogens with zero attached hydrogens (tertiary/aromatic N) is 2. The van der Waals surface area contributed by atoms with Crippen LogP contribution in [0.2, 0.25) is 5.15 Å². The van der Waals surface area contributed by atoms with Crippen LogP contribution in [0.4, 0.5) is 10.5 Å². The first-order valence-electron chi connectivity index (χ1n) is 8.70. The molecule has 0 unspecified atom stereocenters. The molecule has 8 nitrogen and oxygen atoms in total. The van der Waals surface area contributed by atoms with E-state index in [1.807, 2.05) is 0 Å².